The summed E-state index contributed by atoms with van der Waals surface area (Å²) in [5, 5.41) is 0. The lowest BCUT2D eigenvalue weighted by Crippen LogP contribution is -2.19. The van der Waals surface area contributed by atoms with Crippen LogP contribution in [0.2, 0.25) is 0 Å². The highest BCUT2D eigenvalue weighted by Crippen LogP contribution is 2.24. The third-order valence-corrected chi connectivity index (χ3v) is 3.12. The van der Waals surface area contributed by atoms with Crippen LogP contribution in [0.4, 0.5) is 5.69 Å². The molecule has 1 aliphatic rings. The summed E-state index contributed by atoms with van der Waals surface area (Å²) in [6.07, 6.45) is 10.4. The summed E-state index contributed by atoms with van der Waals surface area (Å²) in [4.78, 5) is 6.75. The number of anilines is 1. The number of hydrogen-bond acceptors (Lipinski definition) is 2. The van der Waals surface area contributed by atoms with Crippen molar-refractivity contribution >= 4 is 5.69 Å². The van der Waals surface area contributed by atoms with E-state index in [1.54, 1.807) is 0 Å². The molecule has 0 radical (unpaired) electrons. The van der Waals surface area contributed by atoms with Crippen molar-refractivity contribution in [3.8, 4) is 0 Å². The van der Waals surface area contributed by atoms with Gasteiger partial charge in [-0.1, -0.05) is 13.3 Å². The molecule has 0 saturated carbocycles. The fourth-order valence-corrected chi connectivity index (χ4v) is 2.25. The smallest absolute Gasteiger partial charge is 0.0429 e. The SMILES string of the molecule is CCCCc1cnccc1N1CCCC1. The van der Waals surface area contributed by atoms with Gasteiger partial charge in [-0.15, -0.1) is 0 Å². The van der Waals surface area contributed by atoms with Crippen LogP contribution < -0.4 is 4.90 Å². The Hall–Kier alpha value is -1.05. The molecule has 0 aromatic carbocycles. The number of pyridine rings is 1. The van der Waals surface area contributed by atoms with Crippen molar-refractivity contribution in [1.82, 2.24) is 4.98 Å². The van der Waals surface area contributed by atoms with E-state index in [1.165, 1.54) is 56.4 Å². The maximum atomic E-state index is 4.24. The van der Waals surface area contributed by atoms with E-state index in [9.17, 15) is 0 Å². The van der Waals surface area contributed by atoms with Crippen LogP contribution in [0, 0.1) is 0 Å². The molecule has 0 spiro atoms. The van der Waals surface area contributed by atoms with Crippen molar-refractivity contribution in [3.05, 3.63) is 24.0 Å². The van der Waals surface area contributed by atoms with E-state index in [4.69, 9.17) is 0 Å². The van der Waals surface area contributed by atoms with Crippen LogP contribution in [0.5, 0.6) is 0 Å². The summed E-state index contributed by atoms with van der Waals surface area (Å²) in [7, 11) is 0. The number of hydrogen-bond donors (Lipinski definition) is 0. The quantitative estimate of drug-likeness (QED) is 0.749. The van der Waals surface area contributed by atoms with E-state index < -0.39 is 0 Å². The predicted octanol–water partition coefficient (Wildman–Crippen LogP) is 3.02. The summed E-state index contributed by atoms with van der Waals surface area (Å²) in [5.74, 6) is 0. The van der Waals surface area contributed by atoms with Crippen molar-refractivity contribution in [2.75, 3.05) is 18.0 Å². The fraction of sp³-hybridized carbons (Fsp3) is 0.615. The summed E-state index contributed by atoms with van der Waals surface area (Å²) < 4.78 is 0. The van der Waals surface area contributed by atoms with E-state index in [1.807, 2.05) is 12.4 Å². The van der Waals surface area contributed by atoms with Gasteiger partial charge in [0.15, 0.2) is 0 Å². The second kappa shape index (κ2) is 5.15. The normalized spacial score (nSPS) is 15.9. The van der Waals surface area contributed by atoms with Gasteiger partial charge < -0.3 is 4.90 Å². The Morgan fingerprint density at radius 1 is 1.33 bits per heavy atom. The lowest BCUT2D eigenvalue weighted by atomic mass is 10.1. The van der Waals surface area contributed by atoms with Crippen LogP contribution >= 0.6 is 0 Å². The van der Waals surface area contributed by atoms with E-state index >= 15 is 0 Å². The van der Waals surface area contributed by atoms with E-state index in [0.29, 0.717) is 0 Å². The molecule has 1 aromatic heterocycles. The largest absolute Gasteiger partial charge is 0.371 e. The zero-order valence-electron chi connectivity index (χ0n) is 9.58. The zero-order chi connectivity index (χ0) is 10.5. The minimum Gasteiger partial charge on any atom is -0.371 e. The van der Waals surface area contributed by atoms with E-state index in [-0.39, 0.29) is 0 Å². The molecule has 0 N–H and O–H groups in total. The first-order chi connectivity index (χ1) is 7.42. The van der Waals surface area contributed by atoms with Crippen LogP contribution in [-0.2, 0) is 6.42 Å². The number of aromatic nitrogens is 1. The standard InChI is InChI=1S/C13H20N2/c1-2-3-6-12-11-14-8-7-13(12)15-9-4-5-10-15/h7-8,11H,2-6,9-10H2,1H3. The zero-order valence-corrected chi connectivity index (χ0v) is 9.58. The third-order valence-electron chi connectivity index (χ3n) is 3.12. The lowest BCUT2D eigenvalue weighted by Gasteiger charge is -2.20. The number of nitrogens with zero attached hydrogens (tertiary/aromatic N) is 2. The van der Waals surface area contributed by atoms with Gasteiger partial charge in [0.25, 0.3) is 0 Å². The molecule has 1 fully saturated rings. The number of unbranched alkanes of at least 4 members (excludes halogenated alkanes) is 1. The highest BCUT2D eigenvalue weighted by molar-refractivity contribution is 5.52. The number of aryl methyl sites for hydroxylation is 1. The van der Waals surface area contributed by atoms with E-state index in [2.05, 4.69) is 22.9 Å². The summed E-state index contributed by atoms with van der Waals surface area (Å²) in [6, 6.07) is 2.18. The third kappa shape index (κ3) is 2.49. The van der Waals surface area contributed by atoms with Crippen LogP contribution in [0.25, 0.3) is 0 Å². The summed E-state index contributed by atoms with van der Waals surface area (Å²) >= 11 is 0. The molecule has 0 bridgehead atoms. The van der Waals surface area contributed by atoms with Crippen LogP contribution in [-0.4, -0.2) is 18.1 Å². The monoisotopic (exact) mass is 204 g/mol. The van der Waals surface area contributed by atoms with Gasteiger partial charge in [-0.25, -0.2) is 0 Å². The van der Waals surface area contributed by atoms with Crippen molar-refractivity contribution in [1.29, 1.82) is 0 Å². The van der Waals surface area contributed by atoms with Gasteiger partial charge >= 0.3 is 0 Å². The van der Waals surface area contributed by atoms with Gasteiger partial charge in [0.1, 0.15) is 0 Å². The Labute approximate surface area is 92.3 Å². The van der Waals surface area contributed by atoms with Gasteiger partial charge in [0.2, 0.25) is 0 Å². The Morgan fingerprint density at radius 2 is 2.13 bits per heavy atom. The maximum Gasteiger partial charge on any atom is 0.0429 e. The minimum atomic E-state index is 1.18. The fourth-order valence-electron chi connectivity index (χ4n) is 2.25. The van der Waals surface area contributed by atoms with Gasteiger partial charge in [0, 0.05) is 31.2 Å². The molecule has 2 heterocycles. The van der Waals surface area contributed by atoms with Crippen molar-refractivity contribution in [3.63, 3.8) is 0 Å². The molecule has 2 nitrogen and oxygen atoms in total. The van der Waals surface area contributed by atoms with Gasteiger partial charge in [-0.05, 0) is 37.3 Å². The lowest BCUT2D eigenvalue weighted by molar-refractivity contribution is 0.786. The maximum absolute atomic E-state index is 4.24. The summed E-state index contributed by atoms with van der Waals surface area (Å²) in [5.41, 5.74) is 2.86. The average Bonchev–Trinajstić information content (AvgIpc) is 2.80. The van der Waals surface area contributed by atoms with Gasteiger partial charge in [-0.3, -0.25) is 4.98 Å². The van der Waals surface area contributed by atoms with Gasteiger partial charge in [0.05, 0.1) is 0 Å². The summed E-state index contributed by atoms with van der Waals surface area (Å²) in [6.45, 7) is 4.69. The highest BCUT2D eigenvalue weighted by atomic mass is 15.1. The molecule has 1 aliphatic heterocycles. The first-order valence-corrected chi connectivity index (χ1v) is 6.09. The van der Waals surface area contributed by atoms with Crippen molar-refractivity contribution in [2.24, 2.45) is 0 Å². The number of rotatable bonds is 4. The Morgan fingerprint density at radius 3 is 2.87 bits per heavy atom. The molecule has 2 rings (SSSR count). The van der Waals surface area contributed by atoms with Crippen molar-refractivity contribution in [2.45, 2.75) is 39.0 Å². The molecule has 0 atom stereocenters. The molecular weight excluding hydrogens is 184 g/mol. The first-order valence-electron chi connectivity index (χ1n) is 6.09. The molecule has 1 aromatic rings. The second-order valence-electron chi connectivity index (χ2n) is 4.30. The van der Waals surface area contributed by atoms with Gasteiger partial charge in [-0.2, -0.15) is 0 Å². The average molecular weight is 204 g/mol. The molecule has 15 heavy (non-hydrogen) atoms. The molecule has 82 valence electrons. The molecule has 0 aliphatic carbocycles. The van der Waals surface area contributed by atoms with Crippen LogP contribution in [0.3, 0.4) is 0 Å². The Kier molecular flexibility index (Phi) is 3.59. The molecule has 1 saturated heterocycles. The predicted molar refractivity (Wildman–Crippen MR) is 64.3 cm³/mol. The second-order valence-corrected chi connectivity index (χ2v) is 4.30. The molecule has 0 amide bonds. The first kappa shape index (κ1) is 10.5. The molecular formula is C13H20N2. The minimum absolute atomic E-state index is 1.18. The Bertz CT molecular complexity index is 303. The topological polar surface area (TPSA) is 16.1 Å². The highest BCUT2D eigenvalue weighted by Gasteiger charge is 2.14. The molecule has 0 unspecified atom stereocenters. The van der Waals surface area contributed by atoms with Crippen LogP contribution in [0.15, 0.2) is 18.5 Å². The van der Waals surface area contributed by atoms with Crippen molar-refractivity contribution < 1.29 is 0 Å². The molecule has 2 heteroatoms. The van der Waals surface area contributed by atoms with E-state index in [0.717, 1.165) is 0 Å². The Balaban J connectivity index is 2.13. The van der Waals surface area contributed by atoms with Crippen LogP contribution in [0.1, 0.15) is 38.2 Å².